The van der Waals surface area contributed by atoms with Crippen molar-refractivity contribution in [1.29, 1.82) is 0 Å². The lowest BCUT2D eigenvalue weighted by atomic mass is 10.0. The number of benzene rings is 4. The predicted octanol–water partition coefficient (Wildman–Crippen LogP) is 14.1. The lowest BCUT2D eigenvalue weighted by Gasteiger charge is -2.34. The summed E-state index contributed by atoms with van der Waals surface area (Å²) in [5.41, 5.74) is 6.46. The number of hydrogen-bond acceptors (Lipinski definition) is 11. The summed E-state index contributed by atoms with van der Waals surface area (Å²) in [6.45, 7) is 27.6. The fourth-order valence-corrected chi connectivity index (χ4v) is 10.4. The minimum atomic E-state index is -0.542. The second-order valence-corrected chi connectivity index (χ2v) is 25.6. The molecule has 2 atom stereocenters. The van der Waals surface area contributed by atoms with Gasteiger partial charge in [-0.1, -0.05) is 58.4 Å². The highest BCUT2D eigenvalue weighted by Crippen LogP contribution is 2.31. The first kappa shape index (κ1) is 61.6. The molecule has 0 bridgehead atoms. The van der Waals surface area contributed by atoms with Crippen molar-refractivity contribution in [1.82, 2.24) is 25.8 Å². The number of halogens is 1. The molecule has 79 heavy (non-hydrogen) atoms. The molecule has 3 heterocycles. The van der Waals surface area contributed by atoms with Crippen LogP contribution in [0.15, 0.2) is 102 Å². The molecule has 2 fully saturated rings. The van der Waals surface area contributed by atoms with Crippen LogP contribution in [0.1, 0.15) is 162 Å². The number of carbonyl (C=O) groups excluding carboxylic acids is 5. The van der Waals surface area contributed by atoms with Gasteiger partial charge in [-0.15, -0.1) is 11.3 Å². The van der Waals surface area contributed by atoms with Crippen molar-refractivity contribution in [3.63, 3.8) is 0 Å². The Morgan fingerprint density at radius 1 is 0.582 bits per heavy atom. The first-order valence-electron chi connectivity index (χ1n) is 27.3. The molecule has 15 nitrogen and oxygen atoms in total. The average Bonchev–Trinajstić information content (AvgIpc) is 3.86. The third-order valence-electron chi connectivity index (χ3n) is 13.2. The number of thiophene rings is 1. The van der Waals surface area contributed by atoms with Gasteiger partial charge in [0.2, 0.25) is 0 Å². The number of ether oxygens (including phenoxy) is 3. The van der Waals surface area contributed by atoms with Crippen molar-refractivity contribution in [2.24, 2.45) is 0 Å². The predicted molar refractivity (Wildman–Crippen MR) is 320 cm³/mol. The Hall–Kier alpha value is -6.59. The zero-order valence-corrected chi connectivity index (χ0v) is 50.8. The number of anilines is 2. The van der Waals surface area contributed by atoms with Crippen LogP contribution in [0.5, 0.6) is 0 Å². The Kier molecular flexibility index (Phi) is 21.1. The quantitative estimate of drug-likeness (QED) is 0.0712. The van der Waals surface area contributed by atoms with Gasteiger partial charge < -0.3 is 50.6 Å². The van der Waals surface area contributed by atoms with E-state index in [0.717, 1.165) is 79.1 Å². The molecule has 0 saturated carbocycles. The Balaban J connectivity index is 0.000000269. The molecule has 2 aliphatic heterocycles. The van der Waals surface area contributed by atoms with E-state index in [1.54, 1.807) is 21.1 Å². The molecular weight excluding hydrogens is 1080 g/mol. The van der Waals surface area contributed by atoms with E-state index >= 15 is 0 Å². The summed E-state index contributed by atoms with van der Waals surface area (Å²) in [5.74, 6) is -0.228. The number of rotatable bonds is 13. The standard InChI is InChI=1S/C36H48N4O5S.C26H34BrN3O3/c1-23-12-13-28(39-27-16-18-40(19-17-27)34(43)45-36(6,7)8)21-30(23)32(41)38-24(2)25-10-9-11-26(20-25)31-15-14-29(46-31)22-37-33(42)44-35(3,4)5;1-17-9-10-22(29-21-11-13-30(14-12-21)25(32)33-26(3,4)5)16-23(17)24(31)28-18(2)19-7-6-8-20(27)15-19/h9-15,20-21,24,27,39H,16-19,22H2,1-8H3,(H,37,42)(H,38,41);6-10,15-16,18,21,29H,11-14H2,1-5H3,(H,28,31)/t24-;18-/m11/s1. The van der Waals surface area contributed by atoms with Gasteiger partial charge in [-0.05, 0) is 198 Å². The van der Waals surface area contributed by atoms with E-state index in [1.807, 2.05) is 181 Å². The molecule has 2 saturated heterocycles. The zero-order chi connectivity index (χ0) is 57.8. The first-order chi connectivity index (χ1) is 37.1. The highest BCUT2D eigenvalue weighted by molar-refractivity contribution is 9.10. The van der Waals surface area contributed by atoms with Crippen LogP contribution in [-0.4, -0.2) is 95.0 Å². The van der Waals surface area contributed by atoms with Crippen molar-refractivity contribution in [2.45, 2.75) is 163 Å². The van der Waals surface area contributed by atoms with Crippen LogP contribution < -0.4 is 26.6 Å². The van der Waals surface area contributed by atoms with Crippen LogP contribution in [0, 0.1) is 13.8 Å². The first-order valence-corrected chi connectivity index (χ1v) is 28.9. The van der Waals surface area contributed by atoms with Crippen LogP contribution in [0.4, 0.5) is 25.8 Å². The van der Waals surface area contributed by atoms with E-state index < -0.39 is 22.9 Å². The van der Waals surface area contributed by atoms with Crippen molar-refractivity contribution in [2.75, 3.05) is 36.8 Å². The van der Waals surface area contributed by atoms with Crippen LogP contribution in [-0.2, 0) is 20.8 Å². The second-order valence-electron chi connectivity index (χ2n) is 23.5. The molecule has 7 rings (SSSR count). The van der Waals surface area contributed by atoms with Gasteiger partial charge in [-0.25, -0.2) is 14.4 Å². The van der Waals surface area contributed by atoms with Crippen molar-refractivity contribution >= 4 is 68.7 Å². The number of nitrogens with one attached hydrogen (secondary N) is 5. The van der Waals surface area contributed by atoms with Gasteiger partial charge in [-0.2, -0.15) is 0 Å². The molecule has 426 valence electrons. The molecule has 17 heteroatoms. The number of hydrogen-bond donors (Lipinski definition) is 5. The smallest absolute Gasteiger partial charge is 0.410 e. The van der Waals surface area contributed by atoms with Crippen LogP contribution >= 0.6 is 27.3 Å². The Bertz CT molecular complexity index is 2910. The summed E-state index contributed by atoms with van der Waals surface area (Å²) < 4.78 is 17.3. The maximum absolute atomic E-state index is 13.5. The molecular formula is C62H82BrN7O8S. The second kappa shape index (κ2) is 27.0. The summed E-state index contributed by atoms with van der Waals surface area (Å²) >= 11 is 5.09. The SMILES string of the molecule is Cc1ccc(NC2CCN(C(=O)OC(C)(C)C)CC2)cc1C(=O)N[C@H](C)c1cccc(-c2ccc(CNC(=O)OC(C)(C)C)s2)c1.Cc1ccc(NC2CCN(C(=O)OC(C)(C)C)CC2)cc1C(=O)N[C@H](C)c1cccc(Br)c1. The third kappa shape index (κ3) is 19.6. The number of piperidine rings is 2. The highest BCUT2D eigenvalue weighted by Gasteiger charge is 2.29. The zero-order valence-electron chi connectivity index (χ0n) is 48.4. The van der Waals surface area contributed by atoms with Crippen LogP contribution in [0.3, 0.4) is 0 Å². The fraction of sp³-hybridized carbons (Fsp3) is 0.468. The number of likely N-dealkylation sites (tertiary alicyclic amines) is 2. The van der Waals surface area contributed by atoms with E-state index in [0.29, 0.717) is 43.9 Å². The van der Waals surface area contributed by atoms with Crippen molar-refractivity contribution < 1.29 is 38.2 Å². The van der Waals surface area contributed by atoms with Gasteiger partial charge in [0, 0.05) is 75.0 Å². The van der Waals surface area contributed by atoms with Gasteiger partial charge in [0.15, 0.2) is 0 Å². The minimum absolute atomic E-state index is 0.0941. The maximum atomic E-state index is 13.5. The number of nitrogens with zero attached hydrogens (tertiary/aromatic N) is 2. The van der Waals surface area contributed by atoms with Crippen LogP contribution in [0.25, 0.3) is 10.4 Å². The highest BCUT2D eigenvalue weighted by atomic mass is 79.9. The third-order valence-corrected chi connectivity index (χ3v) is 14.8. The van der Waals surface area contributed by atoms with E-state index in [1.165, 1.54) is 0 Å². The van der Waals surface area contributed by atoms with E-state index in [4.69, 9.17) is 14.2 Å². The number of amides is 5. The molecule has 0 aliphatic carbocycles. The van der Waals surface area contributed by atoms with Crippen molar-refractivity contribution in [3.8, 4) is 10.4 Å². The molecule has 2 aliphatic rings. The molecule has 0 unspecified atom stereocenters. The van der Waals surface area contributed by atoms with E-state index in [-0.39, 0.29) is 48.2 Å². The van der Waals surface area contributed by atoms with Gasteiger partial charge in [0.1, 0.15) is 16.8 Å². The monoisotopic (exact) mass is 1160 g/mol. The molecule has 5 aromatic rings. The summed E-state index contributed by atoms with van der Waals surface area (Å²) in [6.07, 6.45) is 2.29. The van der Waals surface area contributed by atoms with E-state index in [9.17, 15) is 24.0 Å². The fourth-order valence-electron chi connectivity index (χ4n) is 9.00. The number of carbonyl (C=O) groups is 5. The number of aryl methyl sites for hydroxylation is 2. The Morgan fingerprint density at radius 3 is 1.47 bits per heavy atom. The number of alkyl carbamates (subject to hydrolysis) is 1. The topological polar surface area (TPSA) is 180 Å². The largest absolute Gasteiger partial charge is 0.444 e. The van der Waals surface area contributed by atoms with Crippen molar-refractivity contribution in [3.05, 3.63) is 140 Å². The molecule has 0 radical (unpaired) electrons. The maximum Gasteiger partial charge on any atom is 0.410 e. The Morgan fingerprint density at radius 2 is 1.03 bits per heavy atom. The minimum Gasteiger partial charge on any atom is -0.444 e. The summed E-state index contributed by atoms with van der Waals surface area (Å²) in [7, 11) is 0. The lowest BCUT2D eigenvalue weighted by Crippen LogP contribution is -2.44. The summed E-state index contributed by atoms with van der Waals surface area (Å²) in [4.78, 5) is 68.8. The summed E-state index contributed by atoms with van der Waals surface area (Å²) in [6, 6.07) is 32.0. The molecule has 4 aromatic carbocycles. The van der Waals surface area contributed by atoms with E-state index in [2.05, 4.69) is 48.6 Å². The van der Waals surface area contributed by atoms with Gasteiger partial charge in [0.05, 0.1) is 18.6 Å². The summed E-state index contributed by atoms with van der Waals surface area (Å²) in [5, 5.41) is 16.2. The lowest BCUT2D eigenvalue weighted by molar-refractivity contribution is 0.0199. The molecule has 5 N–H and O–H groups in total. The van der Waals surface area contributed by atoms with Gasteiger partial charge >= 0.3 is 18.3 Å². The van der Waals surface area contributed by atoms with Gasteiger partial charge in [0.25, 0.3) is 11.8 Å². The average molecular weight is 1170 g/mol. The van der Waals surface area contributed by atoms with Crippen LogP contribution in [0.2, 0.25) is 0 Å². The van der Waals surface area contributed by atoms with Gasteiger partial charge in [-0.3, -0.25) is 9.59 Å². The molecule has 0 spiro atoms. The molecule has 1 aromatic heterocycles. The molecule has 5 amide bonds. The Labute approximate surface area is 480 Å². The normalized spacial score (nSPS) is 15.1.